The molecule has 0 saturated heterocycles. The van der Waals surface area contributed by atoms with Gasteiger partial charge in [0.05, 0.1) is 21.0 Å². The number of carbonyl (C=O) groups excluding carboxylic acids is 2. The Labute approximate surface area is 213 Å². The summed E-state index contributed by atoms with van der Waals surface area (Å²) in [5, 5.41) is 2.56. The van der Waals surface area contributed by atoms with E-state index in [0.717, 1.165) is 18.2 Å². The molecular formula is C23H20BrCl3F3NO2. The van der Waals surface area contributed by atoms with Crippen molar-refractivity contribution >= 4 is 68.5 Å². The second-order valence-electron chi connectivity index (χ2n) is 7.48. The van der Waals surface area contributed by atoms with Crippen LogP contribution in [-0.4, -0.2) is 23.9 Å². The molecule has 3 nitrogen and oxygen atoms in total. The van der Waals surface area contributed by atoms with Crippen LogP contribution in [0.15, 0.2) is 40.9 Å². The first-order valence-electron chi connectivity index (χ1n) is 9.78. The molecule has 2 unspecified atom stereocenters. The Hall–Kier alpha value is -1.54. The van der Waals surface area contributed by atoms with Crippen LogP contribution in [0.3, 0.4) is 0 Å². The molecule has 33 heavy (non-hydrogen) atoms. The molecule has 178 valence electrons. The molecule has 0 radical (unpaired) electrons. The highest BCUT2D eigenvalue weighted by Crippen LogP contribution is 2.41. The van der Waals surface area contributed by atoms with Crippen molar-refractivity contribution in [1.29, 1.82) is 0 Å². The van der Waals surface area contributed by atoms with Gasteiger partial charge in [-0.15, -0.1) is 0 Å². The van der Waals surface area contributed by atoms with Crippen LogP contribution in [0.2, 0.25) is 15.1 Å². The van der Waals surface area contributed by atoms with Gasteiger partial charge in [-0.05, 0) is 48.7 Å². The Bertz CT molecular complexity index is 1050. The third kappa shape index (κ3) is 8.02. The minimum Gasteiger partial charge on any atom is -0.354 e. The first-order chi connectivity index (χ1) is 15.3. The highest BCUT2D eigenvalue weighted by molar-refractivity contribution is 9.10. The molecular weight excluding hydrogens is 566 g/mol. The van der Waals surface area contributed by atoms with Crippen molar-refractivity contribution < 1.29 is 22.8 Å². The summed E-state index contributed by atoms with van der Waals surface area (Å²) in [6.45, 7) is 3.20. The fourth-order valence-electron chi connectivity index (χ4n) is 3.13. The number of amides is 1. The Kier molecular flexibility index (Phi) is 9.85. The lowest BCUT2D eigenvalue weighted by Crippen LogP contribution is -2.30. The van der Waals surface area contributed by atoms with E-state index in [2.05, 4.69) is 21.2 Å². The lowest BCUT2D eigenvalue weighted by Gasteiger charge is -2.18. The maximum Gasteiger partial charge on any atom is 0.399 e. The van der Waals surface area contributed by atoms with E-state index in [1.54, 1.807) is 25.1 Å². The zero-order valence-corrected chi connectivity index (χ0v) is 21.4. The number of Topliss-reactive ketones (excluding diaryl/α,β-unsaturated/α-hetero) is 1. The molecule has 2 rings (SSSR count). The van der Waals surface area contributed by atoms with Gasteiger partial charge in [0.25, 0.3) is 0 Å². The van der Waals surface area contributed by atoms with Crippen LogP contribution >= 0.6 is 50.7 Å². The number of hydrogen-bond acceptors (Lipinski definition) is 2. The molecule has 1 amide bonds. The summed E-state index contributed by atoms with van der Waals surface area (Å²) < 4.78 is 41.6. The monoisotopic (exact) mass is 583 g/mol. The van der Waals surface area contributed by atoms with Crippen LogP contribution in [0, 0.1) is 0 Å². The van der Waals surface area contributed by atoms with E-state index in [4.69, 9.17) is 34.8 Å². The minimum atomic E-state index is -4.59. The predicted octanol–water partition coefficient (Wildman–Crippen LogP) is 8.26. The maximum atomic E-state index is 13.7. The van der Waals surface area contributed by atoms with Gasteiger partial charge in [-0.3, -0.25) is 9.59 Å². The molecule has 0 aromatic heterocycles. The fourth-order valence-corrected chi connectivity index (χ4v) is 4.36. The van der Waals surface area contributed by atoms with E-state index in [9.17, 15) is 22.8 Å². The maximum absolute atomic E-state index is 13.7. The zero-order chi connectivity index (χ0) is 24.9. The lowest BCUT2D eigenvalue weighted by molar-refractivity contribution is -0.139. The van der Waals surface area contributed by atoms with Crippen LogP contribution < -0.4 is 5.32 Å². The van der Waals surface area contributed by atoms with Crippen molar-refractivity contribution in [2.45, 2.75) is 44.8 Å². The third-order valence-electron chi connectivity index (χ3n) is 4.75. The normalized spacial score (nSPS) is 13.7. The number of hydrogen-bond donors (Lipinski definition) is 1. The lowest BCUT2D eigenvalue weighted by atomic mass is 9.96. The van der Waals surface area contributed by atoms with Gasteiger partial charge >= 0.3 is 6.18 Å². The Morgan fingerprint density at radius 2 is 1.73 bits per heavy atom. The minimum absolute atomic E-state index is 0.0114. The van der Waals surface area contributed by atoms with Crippen molar-refractivity contribution in [2.24, 2.45) is 0 Å². The molecule has 0 bridgehead atoms. The number of nitrogens with one attached hydrogen (secondary N) is 1. The Morgan fingerprint density at radius 1 is 1.12 bits per heavy atom. The average molecular weight is 586 g/mol. The second kappa shape index (κ2) is 11.7. The summed E-state index contributed by atoms with van der Waals surface area (Å²) in [7, 11) is 0. The van der Waals surface area contributed by atoms with Crippen molar-refractivity contribution in [3.63, 3.8) is 0 Å². The molecule has 0 fully saturated rings. The largest absolute Gasteiger partial charge is 0.399 e. The molecule has 0 aliphatic rings. The molecule has 1 N–H and O–H groups in total. The number of allylic oxidation sites excluding steroid dienone is 1. The van der Waals surface area contributed by atoms with Gasteiger partial charge < -0.3 is 5.32 Å². The zero-order valence-electron chi connectivity index (χ0n) is 17.6. The summed E-state index contributed by atoms with van der Waals surface area (Å²) in [6.07, 6.45) is -1.61. The number of carbonyl (C=O) groups is 2. The summed E-state index contributed by atoms with van der Waals surface area (Å²) in [5.74, 6) is -2.28. The topological polar surface area (TPSA) is 46.2 Å². The number of benzene rings is 2. The van der Waals surface area contributed by atoms with Gasteiger partial charge in [0.2, 0.25) is 5.91 Å². The molecule has 0 saturated carbocycles. The average Bonchev–Trinajstić information content (AvgIpc) is 2.69. The van der Waals surface area contributed by atoms with E-state index in [1.807, 2.05) is 0 Å². The van der Waals surface area contributed by atoms with E-state index in [0.29, 0.717) is 22.0 Å². The van der Waals surface area contributed by atoms with Crippen molar-refractivity contribution in [1.82, 2.24) is 5.32 Å². The standard InChI is InChI=1S/C23H20BrCl3F3NO2/c1-12(31-13(2)32)3-8-21(33)16-6-4-14(9-18(16)24)5-7-17(23(28,29)30)15-10-19(25)22(27)20(26)11-15/h4-7,9-12,17H,3,8H2,1-2H3,(H,31,32)/b7-5+. The summed E-state index contributed by atoms with van der Waals surface area (Å²) in [6, 6.07) is 6.79. The molecule has 10 heteroatoms. The third-order valence-corrected chi connectivity index (χ3v) is 6.60. The Balaban J connectivity index is 2.21. The van der Waals surface area contributed by atoms with E-state index >= 15 is 0 Å². The summed E-state index contributed by atoms with van der Waals surface area (Å²) >= 11 is 21.0. The smallest absolute Gasteiger partial charge is 0.354 e. The van der Waals surface area contributed by atoms with Crippen LogP contribution in [0.25, 0.3) is 6.08 Å². The SMILES string of the molecule is CC(=O)NC(C)CCC(=O)c1ccc(/C=C/C(c2cc(Cl)c(Cl)c(Cl)c2)C(F)(F)F)cc1Br. The van der Waals surface area contributed by atoms with E-state index < -0.39 is 12.1 Å². The summed E-state index contributed by atoms with van der Waals surface area (Å²) in [4.78, 5) is 23.6. The number of halogens is 7. The van der Waals surface area contributed by atoms with Gasteiger partial charge in [-0.1, -0.05) is 69.0 Å². The van der Waals surface area contributed by atoms with E-state index in [-0.39, 0.29) is 44.8 Å². The molecule has 0 spiro atoms. The quantitative estimate of drug-likeness (QED) is 0.251. The molecule has 0 aliphatic carbocycles. The first-order valence-corrected chi connectivity index (χ1v) is 11.7. The van der Waals surface area contributed by atoms with Crippen LogP contribution in [0.4, 0.5) is 13.2 Å². The molecule has 2 atom stereocenters. The van der Waals surface area contributed by atoms with Gasteiger partial charge in [0, 0.05) is 29.4 Å². The van der Waals surface area contributed by atoms with Crippen molar-refractivity contribution in [3.8, 4) is 0 Å². The van der Waals surface area contributed by atoms with Crippen LogP contribution in [-0.2, 0) is 4.79 Å². The van der Waals surface area contributed by atoms with Crippen LogP contribution in [0.1, 0.15) is 54.1 Å². The molecule has 0 aliphatic heterocycles. The number of ketones is 1. The van der Waals surface area contributed by atoms with E-state index in [1.165, 1.54) is 13.0 Å². The highest BCUT2D eigenvalue weighted by Gasteiger charge is 2.39. The van der Waals surface area contributed by atoms with Gasteiger partial charge in [-0.2, -0.15) is 13.2 Å². The van der Waals surface area contributed by atoms with Gasteiger partial charge in [0.1, 0.15) is 0 Å². The van der Waals surface area contributed by atoms with Gasteiger partial charge in [0.15, 0.2) is 5.78 Å². The van der Waals surface area contributed by atoms with Crippen LogP contribution in [0.5, 0.6) is 0 Å². The Morgan fingerprint density at radius 3 is 2.24 bits per heavy atom. The van der Waals surface area contributed by atoms with Crippen molar-refractivity contribution in [3.05, 3.63) is 72.6 Å². The predicted molar refractivity (Wildman–Crippen MR) is 130 cm³/mol. The second-order valence-corrected chi connectivity index (χ2v) is 9.53. The van der Waals surface area contributed by atoms with Crippen molar-refractivity contribution in [2.75, 3.05) is 0 Å². The molecule has 2 aromatic carbocycles. The number of rotatable bonds is 8. The molecule has 2 aromatic rings. The molecule has 0 heterocycles. The van der Waals surface area contributed by atoms with Gasteiger partial charge in [-0.25, -0.2) is 0 Å². The first kappa shape index (κ1) is 27.7. The highest BCUT2D eigenvalue weighted by atomic mass is 79.9. The number of alkyl halides is 3. The fraction of sp³-hybridized carbons (Fsp3) is 0.304. The summed E-state index contributed by atoms with van der Waals surface area (Å²) in [5.41, 5.74) is 0.730.